The van der Waals surface area contributed by atoms with Gasteiger partial charge >= 0.3 is 0 Å². The van der Waals surface area contributed by atoms with Gasteiger partial charge < -0.3 is 0 Å². The number of hydrogen-bond donors (Lipinski definition) is 0. The van der Waals surface area contributed by atoms with Gasteiger partial charge in [-0.25, -0.2) is 0 Å². The van der Waals surface area contributed by atoms with Crippen LogP contribution in [0.3, 0.4) is 0 Å². The lowest BCUT2D eigenvalue weighted by Gasteiger charge is -1.90. The molecular weight excluding hydrogens is 292 g/mol. The predicted octanol–water partition coefficient (Wildman–Crippen LogP) is 5.41. The molecule has 0 N–H and O–H groups in total. The first-order valence-electron chi connectivity index (χ1n) is 5.81. The second-order valence-corrected chi connectivity index (χ2v) is 7.21. The Morgan fingerprint density at radius 3 is 2.58 bits per heavy atom. The van der Waals surface area contributed by atoms with Gasteiger partial charge in [0.05, 0.1) is 9.75 Å². The van der Waals surface area contributed by atoms with Crippen LogP contribution in [0.25, 0.3) is 20.2 Å². The van der Waals surface area contributed by atoms with Crippen molar-refractivity contribution in [1.29, 1.82) is 0 Å². The van der Waals surface area contributed by atoms with Gasteiger partial charge in [-0.05, 0) is 41.1 Å². The zero-order valence-corrected chi connectivity index (χ0v) is 12.2. The fraction of sp³-hybridized carbons (Fsp3) is 0. The summed E-state index contributed by atoms with van der Waals surface area (Å²) in [5, 5.41) is 6.49. The minimum Gasteiger partial charge on any atom is -0.287 e. The van der Waals surface area contributed by atoms with E-state index in [4.69, 9.17) is 0 Å². The normalized spacial score (nSPS) is 11.4. The molecule has 0 radical (unpaired) electrons. The van der Waals surface area contributed by atoms with Crippen molar-refractivity contribution in [3.8, 4) is 0 Å². The van der Waals surface area contributed by atoms with Gasteiger partial charge in [0.25, 0.3) is 0 Å². The first-order chi connectivity index (χ1) is 9.33. The average molecular weight is 300 g/mol. The van der Waals surface area contributed by atoms with Crippen molar-refractivity contribution in [3.63, 3.8) is 0 Å². The van der Waals surface area contributed by atoms with Crippen LogP contribution in [0.2, 0.25) is 0 Å². The lowest BCUT2D eigenvalue weighted by Crippen LogP contribution is -1.93. The van der Waals surface area contributed by atoms with Crippen LogP contribution < -0.4 is 0 Å². The van der Waals surface area contributed by atoms with E-state index in [-0.39, 0.29) is 5.78 Å². The van der Waals surface area contributed by atoms with Gasteiger partial charge in [-0.1, -0.05) is 6.07 Å². The Morgan fingerprint density at radius 1 is 0.842 bits per heavy atom. The zero-order valence-electron chi connectivity index (χ0n) is 9.75. The average Bonchev–Trinajstić information content (AvgIpc) is 3.15. The third-order valence-electron chi connectivity index (χ3n) is 3.10. The summed E-state index contributed by atoms with van der Waals surface area (Å²) in [5.74, 6) is 0.138. The second-order valence-electron chi connectivity index (χ2n) is 4.23. The van der Waals surface area contributed by atoms with Gasteiger partial charge in [-0.15, -0.1) is 34.0 Å². The van der Waals surface area contributed by atoms with E-state index in [1.54, 1.807) is 22.7 Å². The molecule has 0 unspecified atom stereocenters. The molecule has 3 heterocycles. The van der Waals surface area contributed by atoms with E-state index in [0.717, 1.165) is 9.75 Å². The molecule has 1 aromatic carbocycles. The Labute approximate surface area is 121 Å². The van der Waals surface area contributed by atoms with E-state index in [1.165, 1.54) is 31.5 Å². The van der Waals surface area contributed by atoms with E-state index in [2.05, 4.69) is 23.6 Å². The summed E-state index contributed by atoms with van der Waals surface area (Å²) in [7, 11) is 0. The van der Waals surface area contributed by atoms with Crippen LogP contribution in [0.4, 0.5) is 0 Å². The van der Waals surface area contributed by atoms with Crippen LogP contribution >= 0.6 is 34.0 Å². The van der Waals surface area contributed by atoms with E-state index >= 15 is 0 Å². The van der Waals surface area contributed by atoms with Crippen molar-refractivity contribution in [3.05, 3.63) is 56.9 Å². The Morgan fingerprint density at radius 2 is 1.74 bits per heavy atom. The zero-order chi connectivity index (χ0) is 12.8. The smallest absolute Gasteiger partial charge is 0.212 e. The van der Waals surface area contributed by atoms with Crippen LogP contribution in [0.5, 0.6) is 0 Å². The summed E-state index contributed by atoms with van der Waals surface area (Å²) < 4.78 is 2.46. The third-order valence-corrected chi connectivity index (χ3v) is 5.95. The molecule has 0 amide bonds. The molecule has 19 heavy (non-hydrogen) atoms. The fourth-order valence-electron chi connectivity index (χ4n) is 2.20. The number of rotatable bonds is 2. The van der Waals surface area contributed by atoms with E-state index in [0.29, 0.717) is 0 Å². The van der Waals surface area contributed by atoms with E-state index in [1.807, 2.05) is 23.6 Å². The first kappa shape index (κ1) is 11.3. The van der Waals surface area contributed by atoms with Crippen LogP contribution in [-0.2, 0) is 0 Å². The van der Waals surface area contributed by atoms with Crippen molar-refractivity contribution in [2.45, 2.75) is 0 Å². The summed E-state index contributed by atoms with van der Waals surface area (Å²) >= 11 is 4.82. The number of carbonyl (C=O) groups excluding carboxylic acids is 1. The molecule has 0 fully saturated rings. The van der Waals surface area contributed by atoms with Crippen LogP contribution in [0, 0.1) is 0 Å². The maximum atomic E-state index is 12.4. The molecule has 0 spiro atoms. The lowest BCUT2D eigenvalue weighted by atomic mass is 10.1. The highest BCUT2D eigenvalue weighted by molar-refractivity contribution is 7.22. The van der Waals surface area contributed by atoms with Gasteiger partial charge in [0.15, 0.2) is 0 Å². The summed E-state index contributed by atoms with van der Waals surface area (Å²) in [6.45, 7) is 0. The summed E-state index contributed by atoms with van der Waals surface area (Å²) in [5.41, 5.74) is 0. The van der Waals surface area contributed by atoms with Crippen molar-refractivity contribution in [2.75, 3.05) is 0 Å². The number of carbonyl (C=O) groups is 1. The van der Waals surface area contributed by atoms with Gasteiger partial charge in [0.2, 0.25) is 5.78 Å². The molecule has 4 aromatic rings. The predicted molar refractivity (Wildman–Crippen MR) is 85.0 cm³/mol. The first-order valence-corrected chi connectivity index (χ1v) is 8.38. The number of fused-ring (bicyclic) bond motifs is 3. The monoisotopic (exact) mass is 300 g/mol. The largest absolute Gasteiger partial charge is 0.287 e. The molecule has 0 aliphatic heterocycles. The second kappa shape index (κ2) is 4.27. The quantitative estimate of drug-likeness (QED) is 0.452. The number of hydrogen-bond acceptors (Lipinski definition) is 4. The highest BCUT2D eigenvalue weighted by Gasteiger charge is 2.14. The van der Waals surface area contributed by atoms with Gasteiger partial charge in [-0.2, -0.15) is 0 Å². The van der Waals surface area contributed by atoms with Crippen LogP contribution in [-0.4, -0.2) is 5.78 Å². The maximum absolute atomic E-state index is 12.4. The molecule has 92 valence electrons. The number of thiophene rings is 3. The van der Waals surface area contributed by atoms with Gasteiger partial charge in [-0.3, -0.25) is 4.79 Å². The molecule has 0 aliphatic rings. The standard InChI is InChI=1S/C15H8OS3/c16-15(13-2-1-6-17-13)14-8-10-9-5-7-18-11(9)3-4-12(10)19-14/h1-8H. The van der Waals surface area contributed by atoms with E-state index < -0.39 is 0 Å². The Kier molecular flexibility index (Phi) is 2.55. The number of ketones is 1. The van der Waals surface area contributed by atoms with Crippen LogP contribution in [0.1, 0.15) is 14.5 Å². The molecule has 4 heteroatoms. The van der Waals surface area contributed by atoms with E-state index in [9.17, 15) is 4.79 Å². The van der Waals surface area contributed by atoms with Crippen molar-refractivity contribution in [1.82, 2.24) is 0 Å². The Hall–Kier alpha value is -1.49. The van der Waals surface area contributed by atoms with Gasteiger partial charge in [0.1, 0.15) is 0 Å². The third kappa shape index (κ3) is 1.75. The molecule has 4 rings (SSSR count). The maximum Gasteiger partial charge on any atom is 0.212 e. The molecule has 0 saturated heterocycles. The Bertz CT molecular complexity index is 881. The minimum absolute atomic E-state index is 0.138. The van der Waals surface area contributed by atoms with Crippen molar-refractivity contribution >= 4 is 60.0 Å². The van der Waals surface area contributed by atoms with Crippen LogP contribution in [0.15, 0.2) is 47.2 Å². The highest BCUT2D eigenvalue weighted by atomic mass is 32.1. The van der Waals surface area contributed by atoms with Gasteiger partial charge in [0, 0.05) is 20.2 Å². The Balaban J connectivity index is 1.94. The summed E-state index contributed by atoms with van der Waals surface area (Å²) in [4.78, 5) is 14.0. The highest BCUT2D eigenvalue weighted by Crippen LogP contribution is 2.35. The molecule has 0 atom stereocenters. The minimum atomic E-state index is 0.138. The molecular formula is C15H8OS3. The molecule has 0 aliphatic carbocycles. The summed E-state index contributed by atoms with van der Waals surface area (Å²) in [6, 6.07) is 12.2. The SMILES string of the molecule is O=C(c1cccs1)c1cc2c(ccc3sccc32)s1. The van der Waals surface area contributed by atoms with Crippen molar-refractivity contribution < 1.29 is 4.79 Å². The molecule has 3 aromatic heterocycles. The topological polar surface area (TPSA) is 17.1 Å². The molecule has 1 nitrogen and oxygen atoms in total. The van der Waals surface area contributed by atoms with Crippen molar-refractivity contribution in [2.24, 2.45) is 0 Å². The molecule has 0 bridgehead atoms. The lowest BCUT2D eigenvalue weighted by molar-refractivity contribution is 0.104. The fourth-order valence-corrected chi connectivity index (χ4v) is 4.78. The molecule has 0 saturated carbocycles. The summed E-state index contributed by atoms with van der Waals surface area (Å²) in [6.07, 6.45) is 0. The number of benzene rings is 1.